The van der Waals surface area contributed by atoms with Gasteiger partial charge in [0.2, 0.25) is 0 Å². The van der Waals surface area contributed by atoms with Gasteiger partial charge in [0, 0.05) is 28.4 Å². The van der Waals surface area contributed by atoms with E-state index in [1.807, 2.05) is 48.5 Å². The molecule has 0 fully saturated rings. The van der Waals surface area contributed by atoms with Gasteiger partial charge in [0.25, 0.3) is 0 Å². The van der Waals surface area contributed by atoms with Crippen molar-refractivity contribution in [3.63, 3.8) is 0 Å². The SMILES string of the molecule is CCCCCCCCOC(=O)c1ccccc1C1c2ccc(N)c(Br)c2Oc2c1ccc(N)c2Br. The Balaban J connectivity index is 1.68. The Bertz CT molecular complexity index is 1170. The molecule has 1 aliphatic heterocycles. The number of hydrogen-bond acceptors (Lipinski definition) is 5. The van der Waals surface area contributed by atoms with E-state index in [1.54, 1.807) is 0 Å². The van der Waals surface area contributed by atoms with Crippen molar-refractivity contribution in [1.82, 2.24) is 0 Å². The summed E-state index contributed by atoms with van der Waals surface area (Å²) in [5, 5.41) is 0. The number of anilines is 2. The van der Waals surface area contributed by atoms with Crippen LogP contribution >= 0.6 is 31.9 Å². The number of benzene rings is 3. The first-order chi connectivity index (χ1) is 16.9. The Labute approximate surface area is 223 Å². The molecule has 0 amide bonds. The van der Waals surface area contributed by atoms with Crippen LogP contribution in [0.1, 0.15) is 78.4 Å². The second-order valence-corrected chi connectivity index (χ2v) is 10.4. The van der Waals surface area contributed by atoms with Gasteiger partial charge in [-0.15, -0.1) is 0 Å². The molecule has 5 nitrogen and oxygen atoms in total. The van der Waals surface area contributed by atoms with E-state index < -0.39 is 0 Å². The average molecular weight is 602 g/mol. The van der Waals surface area contributed by atoms with E-state index in [4.69, 9.17) is 20.9 Å². The highest BCUT2D eigenvalue weighted by Crippen LogP contribution is 2.54. The summed E-state index contributed by atoms with van der Waals surface area (Å²) in [6.45, 7) is 2.63. The van der Waals surface area contributed by atoms with Crippen molar-refractivity contribution >= 4 is 49.2 Å². The molecule has 4 N–H and O–H groups in total. The van der Waals surface area contributed by atoms with Crippen LogP contribution in [0.4, 0.5) is 11.4 Å². The van der Waals surface area contributed by atoms with E-state index in [0.717, 1.165) is 29.5 Å². The van der Waals surface area contributed by atoms with E-state index in [2.05, 4.69) is 38.8 Å². The second kappa shape index (κ2) is 11.5. The van der Waals surface area contributed by atoms with Gasteiger partial charge in [0.1, 0.15) is 11.5 Å². The fraction of sp³-hybridized carbons (Fsp3) is 0.321. The smallest absolute Gasteiger partial charge is 0.338 e. The first-order valence-corrected chi connectivity index (χ1v) is 13.6. The van der Waals surface area contributed by atoms with Crippen LogP contribution < -0.4 is 16.2 Å². The number of unbranched alkanes of at least 4 members (excludes halogenated alkanes) is 5. The molecule has 0 unspecified atom stereocenters. The summed E-state index contributed by atoms with van der Waals surface area (Å²) in [5.41, 5.74) is 16.7. The molecule has 1 aliphatic rings. The quantitative estimate of drug-likeness (QED) is 0.115. The first kappa shape index (κ1) is 25.6. The summed E-state index contributed by atoms with van der Waals surface area (Å²) in [6.07, 6.45) is 6.82. The zero-order valence-corrected chi connectivity index (χ0v) is 23.0. The molecule has 1 heterocycles. The highest BCUT2D eigenvalue weighted by molar-refractivity contribution is 9.11. The van der Waals surface area contributed by atoms with Crippen molar-refractivity contribution < 1.29 is 14.3 Å². The van der Waals surface area contributed by atoms with Crippen molar-refractivity contribution in [2.24, 2.45) is 0 Å². The van der Waals surface area contributed by atoms with E-state index in [1.165, 1.54) is 25.7 Å². The Kier molecular flexibility index (Phi) is 8.39. The van der Waals surface area contributed by atoms with Gasteiger partial charge < -0.3 is 20.9 Å². The normalized spacial score (nSPS) is 12.5. The third kappa shape index (κ3) is 5.36. The van der Waals surface area contributed by atoms with Crippen LogP contribution in [-0.4, -0.2) is 12.6 Å². The molecule has 0 aliphatic carbocycles. The van der Waals surface area contributed by atoms with E-state index in [0.29, 0.717) is 44.0 Å². The third-order valence-electron chi connectivity index (χ3n) is 6.36. The molecule has 4 rings (SSSR count). The average Bonchev–Trinajstić information content (AvgIpc) is 2.87. The molecule has 3 aromatic carbocycles. The van der Waals surface area contributed by atoms with E-state index in [9.17, 15) is 4.79 Å². The molecule has 0 radical (unpaired) electrons. The van der Waals surface area contributed by atoms with Gasteiger partial charge in [-0.1, -0.05) is 69.4 Å². The summed E-state index contributed by atoms with van der Waals surface area (Å²) >= 11 is 7.17. The number of halogens is 2. The van der Waals surface area contributed by atoms with Crippen molar-refractivity contribution in [2.45, 2.75) is 51.4 Å². The summed E-state index contributed by atoms with van der Waals surface area (Å²) in [7, 11) is 0. The zero-order chi connectivity index (χ0) is 24.9. The number of nitrogen functional groups attached to an aromatic ring is 2. The van der Waals surface area contributed by atoms with Gasteiger partial charge in [0.15, 0.2) is 0 Å². The van der Waals surface area contributed by atoms with Crippen molar-refractivity contribution in [1.29, 1.82) is 0 Å². The Morgan fingerprint density at radius 2 is 1.40 bits per heavy atom. The monoisotopic (exact) mass is 600 g/mol. The molecule has 0 bridgehead atoms. The van der Waals surface area contributed by atoms with Gasteiger partial charge in [0.05, 0.1) is 21.1 Å². The number of carbonyl (C=O) groups excluding carboxylic acids is 1. The largest absolute Gasteiger partial charge is 0.462 e. The van der Waals surface area contributed by atoms with E-state index in [-0.39, 0.29) is 11.9 Å². The third-order valence-corrected chi connectivity index (χ3v) is 8.00. The molecular weight excluding hydrogens is 572 g/mol. The summed E-state index contributed by atoms with van der Waals surface area (Å²) in [4.78, 5) is 13.2. The molecule has 35 heavy (non-hydrogen) atoms. The fourth-order valence-electron chi connectivity index (χ4n) is 4.50. The minimum Gasteiger partial charge on any atom is -0.462 e. The Morgan fingerprint density at radius 1 is 0.829 bits per heavy atom. The number of carbonyl (C=O) groups is 1. The summed E-state index contributed by atoms with van der Waals surface area (Å²) < 4.78 is 13.3. The summed E-state index contributed by atoms with van der Waals surface area (Å²) in [6, 6.07) is 15.2. The lowest BCUT2D eigenvalue weighted by Crippen LogP contribution is -2.17. The highest BCUT2D eigenvalue weighted by Gasteiger charge is 2.34. The van der Waals surface area contributed by atoms with Crippen LogP contribution in [-0.2, 0) is 4.74 Å². The molecule has 0 spiro atoms. The van der Waals surface area contributed by atoms with Crippen LogP contribution in [0.15, 0.2) is 57.5 Å². The minimum absolute atomic E-state index is 0.264. The van der Waals surface area contributed by atoms with Gasteiger partial charge in [-0.2, -0.15) is 0 Å². The number of rotatable bonds is 9. The highest BCUT2D eigenvalue weighted by atomic mass is 79.9. The number of fused-ring (bicyclic) bond motifs is 2. The standard InChI is InChI=1S/C28H30Br2N2O3/c1-2-3-4-5-6-9-16-34-28(33)18-11-8-7-10-17(18)23-19-12-14-21(31)24(29)26(19)35-27-20(23)13-15-22(32)25(27)30/h7-8,10-15,23H,2-6,9,16,31-32H2,1H3. The molecule has 0 atom stereocenters. The maximum Gasteiger partial charge on any atom is 0.338 e. The maximum absolute atomic E-state index is 13.2. The summed E-state index contributed by atoms with van der Waals surface area (Å²) in [5.74, 6) is 0.654. The van der Waals surface area contributed by atoms with Crippen LogP contribution in [0.3, 0.4) is 0 Å². The lowest BCUT2D eigenvalue weighted by Gasteiger charge is -2.31. The van der Waals surface area contributed by atoms with Crippen molar-refractivity contribution in [2.75, 3.05) is 18.1 Å². The topological polar surface area (TPSA) is 87.6 Å². The number of esters is 1. The van der Waals surface area contributed by atoms with Crippen molar-refractivity contribution in [3.05, 3.63) is 79.7 Å². The van der Waals surface area contributed by atoms with Crippen LogP contribution in [0.2, 0.25) is 0 Å². The van der Waals surface area contributed by atoms with Gasteiger partial charge in [-0.25, -0.2) is 4.79 Å². The van der Waals surface area contributed by atoms with Gasteiger partial charge in [-0.05, 0) is 62.0 Å². The molecule has 7 heteroatoms. The first-order valence-electron chi connectivity index (χ1n) is 12.0. The molecule has 3 aromatic rings. The zero-order valence-electron chi connectivity index (χ0n) is 19.8. The predicted octanol–water partition coefficient (Wildman–Crippen LogP) is 8.18. The molecule has 0 saturated carbocycles. The molecule has 0 aromatic heterocycles. The van der Waals surface area contributed by atoms with E-state index >= 15 is 0 Å². The molecular formula is C28H30Br2N2O3. The predicted molar refractivity (Wildman–Crippen MR) is 148 cm³/mol. The number of nitrogens with two attached hydrogens (primary N) is 2. The maximum atomic E-state index is 13.2. The van der Waals surface area contributed by atoms with Gasteiger partial charge >= 0.3 is 5.97 Å². The molecule has 184 valence electrons. The number of hydrogen-bond donors (Lipinski definition) is 2. The van der Waals surface area contributed by atoms with Crippen molar-refractivity contribution in [3.8, 4) is 11.5 Å². The minimum atomic E-state index is -0.312. The van der Waals surface area contributed by atoms with Crippen LogP contribution in [0.25, 0.3) is 0 Å². The Hall–Kier alpha value is -2.51. The van der Waals surface area contributed by atoms with Gasteiger partial charge in [-0.3, -0.25) is 0 Å². The lowest BCUT2D eigenvalue weighted by molar-refractivity contribution is 0.0496. The molecule has 0 saturated heterocycles. The fourth-order valence-corrected chi connectivity index (χ4v) is 5.38. The van der Waals surface area contributed by atoms with Crippen LogP contribution in [0, 0.1) is 0 Å². The second-order valence-electron chi connectivity index (χ2n) is 8.80. The lowest BCUT2D eigenvalue weighted by atomic mass is 9.80. The van der Waals surface area contributed by atoms with Crippen LogP contribution in [0.5, 0.6) is 11.5 Å². The number of ether oxygens (including phenoxy) is 2. The Morgan fingerprint density at radius 3 is 2.03 bits per heavy atom.